The standard InChI is InChI=1S/C14H12BrClN2O/c1-18(9-10-3-2-4-12(16)7-10)14(19)13-6-5-11(15)8-17-13/h2-8H,9H2,1H3. The Morgan fingerprint density at radius 2 is 2.16 bits per heavy atom. The number of carbonyl (C=O) groups excluding carboxylic acids is 1. The monoisotopic (exact) mass is 338 g/mol. The summed E-state index contributed by atoms with van der Waals surface area (Å²) in [7, 11) is 1.74. The predicted molar refractivity (Wildman–Crippen MR) is 79.2 cm³/mol. The van der Waals surface area contributed by atoms with Gasteiger partial charge in [-0.2, -0.15) is 0 Å². The Labute approximate surface area is 125 Å². The van der Waals surface area contributed by atoms with Crippen molar-refractivity contribution in [2.75, 3.05) is 7.05 Å². The molecule has 0 radical (unpaired) electrons. The van der Waals surface area contributed by atoms with Gasteiger partial charge in [-0.25, -0.2) is 4.98 Å². The largest absolute Gasteiger partial charge is 0.336 e. The zero-order chi connectivity index (χ0) is 13.8. The molecular weight excluding hydrogens is 328 g/mol. The van der Waals surface area contributed by atoms with Crippen LogP contribution in [0.5, 0.6) is 0 Å². The van der Waals surface area contributed by atoms with E-state index in [1.165, 1.54) is 0 Å². The van der Waals surface area contributed by atoms with Crippen molar-refractivity contribution in [3.05, 3.63) is 63.3 Å². The van der Waals surface area contributed by atoms with E-state index in [2.05, 4.69) is 20.9 Å². The van der Waals surface area contributed by atoms with Crippen LogP contribution in [0.25, 0.3) is 0 Å². The molecule has 1 amide bonds. The van der Waals surface area contributed by atoms with Crippen molar-refractivity contribution in [1.29, 1.82) is 0 Å². The van der Waals surface area contributed by atoms with E-state index in [9.17, 15) is 4.79 Å². The van der Waals surface area contributed by atoms with E-state index >= 15 is 0 Å². The number of rotatable bonds is 3. The molecule has 0 saturated carbocycles. The number of carbonyl (C=O) groups is 1. The molecule has 1 aromatic carbocycles. The average Bonchev–Trinajstić information content (AvgIpc) is 2.39. The summed E-state index contributed by atoms with van der Waals surface area (Å²) in [6.45, 7) is 0.497. The van der Waals surface area contributed by atoms with Crippen molar-refractivity contribution in [3.8, 4) is 0 Å². The molecule has 1 aromatic heterocycles. The molecule has 0 N–H and O–H groups in total. The molecule has 2 rings (SSSR count). The molecule has 98 valence electrons. The molecule has 0 aliphatic heterocycles. The van der Waals surface area contributed by atoms with Crippen molar-refractivity contribution >= 4 is 33.4 Å². The lowest BCUT2D eigenvalue weighted by Crippen LogP contribution is -2.26. The fourth-order valence-corrected chi connectivity index (χ4v) is 2.13. The summed E-state index contributed by atoms with van der Waals surface area (Å²) in [5.74, 6) is -0.118. The second-order valence-corrected chi connectivity index (χ2v) is 5.50. The smallest absolute Gasteiger partial charge is 0.272 e. The fraction of sp³-hybridized carbons (Fsp3) is 0.143. The molecule has 0 aliphatic rings. The third-order valence-electron chi connectivity index (χ3n) is 2.60. The third-order valence-corrected chi connectivity index (χ3v) is 3.31. The molecule has 0 unspecified atom stereocenters. The van der Waals surface area contributed by atoms with Gasteiger partial charge in [0.1, 0.15) is 5.69 Å². The van der Waals surface area contributed by atoms with Gasteiger partial charge in [-0.15, -0.1) is 0 Å². The molecule has 1 heterocycles. The maximum atomic E-state index is 12.2. The molecule has 2 aromatic rings. The van der Waals surface area contributed by atoms with Crippen LogP contribution >= 0.6 is 27.5 Å². The third kappa shape index (κ3) is 3.78. The minimum atomic E-state index is -0.118. The van der Waals surface area contributed by atoms with Crippen LogP contribution in [0.2, 0.25) is 5.02 Å². The van der Waals surface area contributed by atoms with Crippen molar-refractivity contribution in [2.45, 2.75) is 6.54 Å². The lowest BCUT2D eigenvalue weighted by atomic mass is 10.2. The second-order valence-electron chi connectivity index (χ2n) is 4.15. The Bertz CT molecular complexity index is 586. The van der Waals surface area contributed by atoms with Crippen molar-refractivity contribution < 1.29 is 4.79 Å². The number of nitrogens with zero attached hydrogens (tertiary/aromatic N) is 2. The number of benzene rings is 1. The summed E-state index contributed by atoms with van der Waals surface area (Å²) in [6.07, 6.45) is 1.61. The Balaban J connectivity index is 2.09. The van der Waals surface area contributed by atoms with Gasteiger partial charge in [0.05, 0.1) is 0 Å². The van der Waals surface area contributed by atoms with Crippen LogP contribution in [0, 0.1) is 0 Å². The van der Waals surface area contributed by atoms with Gasteiger partial charge >= 0.3 is 0 Å². The Hall–Kier alpha value is -1.39. The quantitative estimate of drug-likeness (QED) is 0.853. The molecule has 19 heavy (non-hydrogen) atoms. The van der Waals surface area contributed by atoms with Crippen LogP contribution in [0.4, 0.5) is 0 Å². The normalized spacial score (nSPS) is 10.3. The average molecular weight is 340 g/mol. The minimum absolute atomic E-state index is 0.118. The highest BCUT2D eigenvalue weighted by Gasteiger charge is 2.13. The Morgan fingerprint density at radius 1 is 1.37 bits per heavy atom. The number of pyridine rings is 1. The summed E-state index contributed by atoms with van der Waals surface area (Å²) < 4.78 is 0.849. The summed E-state index contributed by atoms with van der Waals surface area (Å²) in [4.78, 5) is 17.9. The van der Waals surface area contributed by atoms with Gasteiger partial charge in [0.25, 0.3) is 5.91 Å². The van der Waals surface area contributed by atoms with Gasteiger partial charge in [0, 0.05) is 29.3 Å². The molecule has 0 aliphatic carbocycles. The first kappa shape index (κ1) is 14.0. The predicted octanol–water partition coefficient (Wildman–Crippen LogP) is 3.77. The summed E-state index contributed by atoms with van der Waals surface area (Å²) in [6, 6.07) is 11.0. The van der Waals surface area contributed by atoms with Crippen LogP contribution in [-0.2, 0) is 6.54 Å². The van der Waals surface area contributed by atoms with Crippen LogP contribution in [0.1, 0.15) is 16.1 Å². The van der Waals surface area contributed by atoms with E-state index in [-0.39, 0.29) is 5.91 Å². The van der Waals surface area contributed by atoms with Crippen LogP contribution in [0.3, 0.4) is 0 Å². The molecule has 0 spiro atoms. The van der Waals surface area contributed by atoms with Crippen molar-refractivity contribution in [1.82, 2.24) is 9.88 Å². The molecular formula is C14H12BrClN2O. The highest BCUT2D eigenvalue weighted by Crippen LogP contribution is 2.14. The van der Waals surface area contributed by atoms with Gasteiger partial charge in [0.15, 0.2) is 0 Å². The zero-order valence-electron chi connectivity index (χ0n) is 10.3. The summed E-state index contributed by atoms with van der Waals surface area (Å²) in [5.41, 5.74) is 1.41. The van der Waals surface area contributed by atoms with E-state index in [0.717, 1.165) is 10.0 Å². The molecule has 5 heteroatoms. The highest BCUT2D eigenvalue weighted by atomic mass is 79.9. The van der Waals surface area contributed by atoms with Gasteiger partial charge in [-0.3, -0.25) is 4.79 Å². The number of aromatic nitrogens is 1. The van der Waals surface area contributed by atoms with Crippen molar-refractivity contribution in [2.24, 2.45) is 0 Å². The SMILES string of the molecule is CN(Cc1cccc(Cl)c1)C(=O)c1ccc(Br)cn1. The molecule has 0 atom stereocenters. The lowest BCUT2D eigenvalue weighted by molar-refractivity contribution is 0.0779. The van der Waals surface area contributed by atoms with Crippen LogP contribution in [-0.4, -0.2) is 22.8 Å². The first-order valence-electron chi connectivity index (χ1n) is 5.68. The van der Waals surface area contributed by atoms with Gasteiger partial charge in [0.2, 0.25) is 0 Å². The fourth-order valence-electron chi connectivity index (χ4n) is 1.68. The summed E-state index contributed by atoms with van der Waals surface area (Å²) >= 11 is 9.21. The maximum absolute atomic E-state index is 12.2. The lowest BCUT2D eigenvalue weighted by Gasteiger charge is -2.16. The number of amides is 1. The van der Waals surface area contributed by atoms with Gasteiger partial charge < -0.3 is 4.90 Å². The van der Waals surface area contributed by atoms with Crippen LogP contribution in [0.15, 0.2) is 47.1 Å². The molecule has 0 bridgehead atoms. The molecule has 0 saturated heterocycles. The van der Waals surface area contributed by atoms with E-state index in [1.807, 2.05) is 24.3 Å². The van der Waals surface area contributed by atoms with E-state index < -0.39 is 0 Å². The van der Waals surface area contributed by atoms with Gasteiger partial charge in [-0.1, -0.05) is 23.7 Å². The van der Waals surface area contributed by atoms with E-state index in [4.69, 9.17) is 11.6 Å². The topological polar surface area (TPSA) is 33.2 Å². The summed E-state index contributed by atoms with van der Waals surface area (Å²) in [5, 5.41) is 0.667. The van der Waals surface area contributed by atoms with E-state index in [1.54, 1.807) is 30.3 Å². The highest BCUT2D eigenvalue weighted by molar-refractivity contribution is 9.10. The number of halogens is 2. The number of hydrogen-bond donors (Lipinski definition) is 0. The maximum Gasteiger partial charge on any atom is 0.272 e. The minimum Gasteiger partial charge on any atom is -0.336 e. The second kappa shape index (κ2) is 6.17. The van der Waals surface area contributed by atoms with Gasteiger partial charge in [-0.05, 0) is 45.8 Å². The Morgan fingerprint density at radius 3 is 2.79 bits per heavy atom. The first-order chi connectivity index (χ1) is 9.06. The van der Waals surface area contributed by atoms with E-state index in [0.29, 0.717) is 17.3 Å². The molecule has 0 fully saturated rings. The molecule has 3 nitrogen and oxygen atoms in total. The Kier molecular flexibility index (Phi) is 4.56. The van der Waals surface area contributed by atoms with Crippen molar-refractivity contribution in [3.63, 3.8) is 0 Å². The van der Waals surface area contributed by atoms with Crippen LogP contribution < -0.4 is 0 Å². The zero-order valence-corrected chi connectivity index (χ0v) is 12.6. The number of hydrogen-bond acceptors (Lipinski definition) is 2. The first-order valence-corrected chi connectivity index (χ1v) is 6.85.